The summed E-state index contributed by atoms with van der Waals surface area (Å²) in [6.45, 7) is 58.2. The Bertz CT molecular complexity index is 6730. The lowest BCUT2D eigenvalue weighted by Gasteiger charge is -2.09. The van der Waals surface area contributed by atoms with Crippen LogP contribution in [0, 0.1) is 125 Å². The number of ether oxygens (including phenoxy) is 6. The Morgan fingerprint density at radius 3 is 0.400 bits per heavy atom. The summed E-state index contributed by atoms with van der Waals surface area (Å²) in [7, 11) is 0. The van der Waals surface area contributed by atoms with E-state index in [-0.39, 0.29) is 0 Å². The SMILES string of the molecule is CCCCCCCOc1ccc2c(sc3c(C)c(C)ccc32)c1C.CCCCCCCOc1ccc2c(sc3c(C)c(C)ccc32)c1C.CCCCCCCOc1ccc2c(sc3c(C)c(C)ccc32)c1C.CCCCCCOc1ccc2c(sc3c(C)c(C)ccc32)c1C.CCCCCCOc1ccc2c(sc3c(C)c(C)ccc32)c1C.CCCCCOc1ccc2c(sc3c(C)c(C)ccc32)c1C. The van der Waals surface area contributed by atoms with Crippen LogP contribution in [0.1, 0.15) is 309 Å². The maximum atomic E-state index is 6.08. The van der Waals surface area contributed by atoms with Crippen molar-refractivity contribution in [1.82, 2.24) is 0 Å². The molecule has 0 spiro atoms. The summed E-state index contributed by atoms with van der Waals surface area (Å²) in [6, 6.07) is 53.3. The second-order valence-corrected chi connectivity index (χ2v) is 45.6. The Balaban J connectivity index is 0.000000141. The van der Waals surface area contributed by atoms with Gasteiger partial charge in [-0.15, -0.1) is 68.0 Å². The van der Waals surface area contributed by atoms with Gasteiger partial charge in [0.25, 0.3) is 0 Å². The van der Waals surface area contributed by atoms with E-state index in [1.165, 1.54) is 350 Å². The smallest absolute Gasteiger partial charge is 0.123 e. The zero-order chi connectivity index (χ0) is 99.8. The first-order valence-electron chi connectivity index (χ1n) is 53.1. The molecule has 0 aliphatic rings. The topological polar surface area (TPSA) is 55.4 Å². The van der Waals surface area contributed by atoms with E-state index in [0.717, 1.165) is 113 Å². The van der Waals surface area contributed by atoms with Crippen molar-refractivity contribution in [3.63, 3.8) is 0 Å². The van der Waals surface area contributed by atoms with E-state index in [9.17, 15) is 0 Å². The maximum Gasteiger partial charge on any atom is 0.123 e. The minimum absolute atomic E-state index is 0.823. The van der Waals surface area contributed by atoms with Gasteiger partial charge >= 0.3 is 0 Å². The van der Waals surface area contributed by atoms with Gasteiger partial charge in [0.1, 0.15) is 34.5 Å². The highest BCUT2D eigenvalue weighted by Crippen LogP contribution is 2.49. The summed E-state index contributed by atoms with van der Waals surface area (Å²) in [4.78, 5) is 0. The summed E-state index contributed by atoms with van der Waals surface area (Å²) < 4.78 is 53.1. The molecule has 6 aromatic heterocycles. The van der Waals surface area contributed by atoms with Gasteiger partial charge in [-0.25, -0.2) is 0 Å². The average Bonchev–Trinajstić information content (AvgIpc) is 1.64. The van der Waals surface area contributed by atoms with Crippen LogP contribution in [0.15, 0.2) is 146 Å². The third-order valence-corrected chi connectivity index (χ3v) is 38.0. The van der Waals surface area contributed by atoms with Crippen LogP contribution in [0.5, 0.6) is 34.5 Å². The highest BCUT2D eigenvalue weighted by molar-refractivity contribution is 7.28. The first-order valence-corrected chi connectivity index (χ1v) is 58.0. The van der Waals surface area contributed by atoms with Gasteiger partial charge in [0.15, 0.2) is 0 Å². The third kappa shape index (κ3) is 25.6. The Hall–Kier alpha value is -9.24. The fourth-order valence-corrected chi connectivity index (χ4v) is 27.2. The van der Waals surface area contributed by atoms with Crippen molar-refractivity contribution in [3.8, 4) is 34.5 Å². The zero-order valence-corrected chi connectivity index (χ0v) is 94.3. The fourth-order valence-electron chi connectivity index (χ4n) is 19.1. The molecule has 0 N–H and O–H groups in total. The van der Waals surface area contributed by atoms with Gasteiger partial charge < -0.3 is 28.4 Å². The van der Waals surface area contributed by atoms with Gasteiger partial charge in [0.2, 0.25) is 0 Å². The predicted octanol–water partition coefficient (Wildman–Crippen LogP) is 42.4. The first kappa shape index (κ1) is 108. The molecular weight excluding hydrogens is 1830 g/mol. The minimum Gasteiger partial charge on any atom is -0.493 e. The van der Waals surface area contributed by atoms with Crippen LogP contribution >= 0.6 is 68.0 Å². The fraction of sp³-hybridized carbons (Fsp3) is 0.438. The van der Waals surface area contributed by atoms with Crippen molar-refractivity contribution in [3.05, 3.63) is 246 Å². The van der Waals surface area contributed by atoms with Crippen molar-refractivity contribution in [2.75, 3.05) is 39.6 Å². The molecule has 18 rings (SSSR count). The molecule has 0 atom stereocenters. The number of aryl methyl sites for hydroxylation is 18. The van der Waals surface area contributed by atoms with Crippen molar-refractivity contribution >= 4 is 189 Å². The van der Waals surface area contributed by atoms with Crippen molar-refractivity contribution in [1.29, 1.82) is 0 Å². The van der Waals surface area contributed by atoms with E-state index in [0.29, 0.717) is 0 Å². The van der Waals surface area contributed by atoms with Crippen LogP contribution in [0.2, 0.25) is 0 Å². The van der Waals surface area contributed by atoms with Gasteiger partial charge in [0.05, 0.1) is 39.6 Å². The molecule has 0 radical (unpaired) electrons. The Morgan fingerprint density at radius 2 is 0.250 bits per heavy atom. The van der Waals surface area contributed by atoms with E-state index in [1.54, 1.807) is 0 Å². The van der Waals surface area contributed by atoms with Gasteiger partial charge in [-0.05, 0) is 303 Å². The third-order valence-electron chi connectivity index (χ3n) is 29.2. The standard InChI is InChI=1S/3C22H28OS.2C21H26OS.C20H24OS/c3*1-5-6-7-8-9-14-23-20-13-12-19-18-11-10-15(2)16(3)21(18)24-22(19)17(20)4;2*1-5-6-7-8-13-22-19-12-11-18-17-10-9-14(2)15(3)20(17)23-21(18)16(19)4;1-5-6-7-12-21-18-11-10-17-16-9-8-13(2)14(3)19(16)22-20(17)15(18)4/h3*10-13H,5-9,14H2,1-4H3;2*9-12H,5-8,13H2,1-4H3;8-11H,5-7,12H2,1-4H3. The molecule has 0 unspecified atom stereocenters. The van der Waals surface area contributed by atoms with Gasteiger partial charge in [-0.2, -0.15) is 0 Å². The summed E-state index contributed by atoms with van der Waals surface area (Å²) in [6.07, 6.45) is 32.7. The Labute approximate surface area is 863 Å². The molecule has 18 aromatic rings. The first-order chi connectivity index (χ1) is 67.8. The molecule has 12 aromatic carbocycles. The number of fused-ring (bicyclic) bond motifs is 18. The molecule has 140 heavy (non-hydrogen) atoms. The van der Waals surface area contributed by atoms with Crippen LogP contribution in [0.25, 0.3) is 121 Å². The van der Waals surface area contributed by atoms with Crippen LogP contribution in [-0.2, 0) is 0 Å². The van der Waals surface area contributed by atoms with Crippen LogP contribution in [0.4, 0.5) is 0 Å². The molecule has 0 fully saturated rings. The summed E-state index contributed by atoms with van der Waals surface area (Å²) in [5, 5.41) is 16.5. The Morgan fingerprint density at radius 1 is 0.136 bits per heavy atom. The summed E-state index contributed by atoms with van der Waals surface area (Å²) in [5.74, 6) is 6.31. The van der Waals surface area contributed by atoms with E-state index in [2.05, 4.69) is 312 Å². The molecule has 0 saturated carbocycles. The Kier molecular flexibility index (Phi) is 40.4. The monoisotopic (exact) mass is 1990 g/mol. The number of rotatable bonds is 38. The lowest BCUT2D eigenvalue weighted by Crippen LogP contribution is -1.98. The largest absolute Gasteiger partial charge is 0.493 e. The van der Waals surface area contributed by atoms with Crippen LogP contribution < -0.4 is 28.4 Å². The average molecular weight is 1990 g/mol. The van der Waals surface area contributed by atoms with E-state index in [4.69, 9.17) is 28.4 Å². The molecule has 0 saturated heterocycles. The number of thiophene rings is 6. The normalized spacial score (nSPS) is 11.5. The molecule has 6 nitrogen and oxygen atoms in total. The predicted molar refractivity (Wildman–Crippen MR) is 628 cm³/mol. The zero-order valence-electron chi connectivity index (χ0n) is 89.4. The number of hydrogen-bond acceptors (Lipinski definition) is 12. The second-order valence-electron chi connectivity index (χ2n) is 39.5. The van der Waals surface area contributed by atoms with Gasteiger partial charge in [-0.3, -0.25) is 0 Å². The number of hydrogen-bond donors (Lipinski definition) is 0. The van der Waals surface area contributed by atoms with Gasteiger partial charge in [0, 0.05) is 154 Å². The lowest BCUT2D eigenvalue weighted by molar-refractivity contribution is 0.303. The molecule has 0 bridgehead atoms. The van der Waals surface area contributed by atoms with Crippen molar-refractivity contribution < 1.29 is 28.4 Å². The molecule has 6 heterocycles. The molecule has 744 valence electrons. The van der Waals surface area contributed by atoms with E-state index < -0.39 is 0 Å². The highest BCUT2D eigenvalue weighted by Gasteiger charge is 2.22. The quantitative estimate of drug-likeness (QED) is 0.0360. The molecule has 0 amide bonds. The minimum atomic E-state index is 0.823. The lowest BCUT2D eigenvalue weighted by atomic mass is 10.0. The molecule has 0 aliphatic carbocycles. The number of unbranched alkanes of at least 4 members (excludes halogenated alkanes) is 20. The molecule has 12 heteroatoms. The maximum absolute atomic E-state index is 6.08. The molecular formula is C128H160O6S6. The number of benzene rings is 12. The summed E-state index contributed by atoms with van der Waals surface area (Å²) >= 11 is 11.5. The van der Waals surface area contributed by atoms with Gasteiger partial charge in [-0.1, -0.05) is 243 Å². The second kappa shape index (κ2) is 52.3. The van der Waals surface area contributed by atoms with Crippen molar-refractivity contribution in [2.45, 2.75) is 333 Å². The van der Waals surface area contributed by atoms with E-state index in [1.807, 2.05) is 68.0 Å². The van der Waals surface area contributed by atoms with Crippen LogP contribution in [0.3, 0.4) is 0 Å². The van der Waals surface area contributed by atoms with E-state index >= 15 is 0 Å². The van der Waals surface area contributed by atoms with Crippen molar-refractivity contribution in [2.24, 2.45) is 0 Å². The molecule has 0 aliphatic heterocycles. The van der Waals surface area contributed by atoms with Crippen LogP contribution in [-0.4, -0.2) is 39.6 Å². The highest BCUT2D eigenvalue weighted by atomic mass is 32.1. The summed E-state index contributed by atoms with van der Waals surface area (Å²) in [5.41, 5.74) is 24.4.